The molecular formula is C61H38N4O. The van der Waals surface area contributed by atoms with Crippen molar-refractivity contribution < 1.29 is 4.79 Å². The van der Waals surface area contributed by atoms with Crippen LogP contribution < -0.4 is 0 Å². The van der Waals surface area contributed by atoms with E-state index in [9.17, 15) is 4.79 Å². The summed E-state index contributed by atoms with van der Waals surface area (Å²) in [4.78, 5) is 14.1. The van der Waals surface area contributed by atoms with Crippen molar-refractivity contribution in [1.82, 2.24) is 18.3 Å². The fourth-order valence-corrected chi connectivity index (χ4v) is 10.8. The minimum absolute atomic E-state index is 0.0100. The van der Waals surface area contributed by atoms with E-state index in [1.165, 1.54) is 65.2 Å². The van der Waals surface area contributed by atoms with E-state index >= 15 is 0 Å². The van der Waals surface area contributed by atoms with Crippen molar-refractivity contribution >= 4 is 93.0 Å². The third-order valence-electron chi connectivity index (χ3n) is 13.8. The quantitative estimate of drug-likeness (QED) is 0.154. The van der Waals surface area contributed by atoms with Gasteiger partial charge in [-0.25, -0.2) is 0 Å². The lowest BCUT2D eigenvalue weighted by molar-refractivity contribution is 0.103. The van der Waals surface area contributed by atoms with Gasteiger partial charge in [-0.1, -0.05) is 109 Å². The first-order valence-corrected chi connectivity index (χ1v) is 22.5. The van der Waals surface area contributed by atoms with Gasteiger partial charge in [0.2, 0.25) is 0 Å². The van der Waals surface area contributed by atoms with Crippen LogP contribution in [0.5, 0.6) is 0 Å². The lowest BCUT2D eigenvalue weighted by Gasteiger charge is -2.12. The number of rotatable bonds is 6. The van der Waals surface area contributed by atoms with E-state index in [1.54, 1.807) is 0 Å². The minimum atomic E-state index is -0.0100. The molecule has 4 aromatic heterocycles. The van der Waals surface area contributed by atoms with E-state index in [4.69, 9.17) is 0 Å². The Morgan fingerprint density at radius 3 is 0.758 bits per heavy atom. The summed E-state index contributed by atoms with van der Waals surface area (Å²) >= 11 is 0. The zero-order valence-electron chi connectivity index (χ0n) is 35.6. The van der Waals surface area contributed by atoms with Crippen LogP contribution in [0.2, 0.25) is 0 Å². The first kappa shape index (κ1) is 36.5. The molecule has 5 nitrogen and oxygen atoms in total. The maximum Gasteiger partial charge on any atom is 0.193 e. The molecular weight excluding hydrogens is 805 g/mol. The third kappa shape index (κ3) is 5.25. The number of aromatic nitrogens is 4. The summed E-state index contributed by atoms with van der Waals surface area (Å²) < 4.78 is 9.35. The Hall–Kier alpha value is -8.93. The average Bonchev–Trinajstić information content (AvgIpc) is 4.11. The standard InChI is InChI=1S/C61H38N4O/c66-61(39-25-29-41(30-26-39)62-57-23-11-5-17-49(57)51-37-43(33-35-59(51)62)64-53-19-7-1-13-45(53)46-14-2-8-20-54(46)64)40-27-31-42(32-28-40)63-58-24-12-6-18-50(58)52-38-44(34-36-60(52)63)65-55-21-9-3-15-47(55)48-16-4-10-22-56(48)65/h1-38H. The lowest BCUT2D eigenvalue weighted by Crippen LogP contribution is -2.03. The van der Waals surface area contributed by atoms with Crippen molar-refractivity contribution in [3.05, 3.63) is 242 Å². The molecule has 0 radical (unpaired) electrons. The molecule has 0 bridgehead atoms. The van der Waals surface area contributed by atoms with Gasteiger partial charge in [-0.15, -0.1) is 0 Å². The first-order valence-electron chi connectivity index (χ1n) is 22.5. The molecule has 0 N–H and O–H groups in total. The van der Waals surface area contributed by atoms with Crippen LogP contribution in [0.1, 0.15) is 15.9 Å². The molecule has 66 heavy (non-hydrogen) atoms. The molecule has 14 rings (SSSR count). The molecule has 0 saturated carbocycles. The number of fused-ring (bicyclic) bond motifs is 12. The van der Waals surface area contributed by atoms with Gasteiger partial charge >= 0.3 is 0 Å². The monoisotopic (exact) mass is 842 g/mol. The SMILES string of the molecule is O=C(c1ccc(-n2c3ccccc3c3cc(-n4c5ccccc5c5ccccc54)ccc32)cc1)c1ccc(-n2c3ccccc3c3cc(-n4c5ccccc5c5ccccc54)ccc32)cc1. The summed E-state index contributed by atoms with van der Waals surface area (Å²) in [5.74, 6) is -0.0100. The van der Waals surface area contributed by atoms with Crippen molar-refractivity contribution in [2.24, 2.45) is 0 Å². The normalized spacial score (nSPS) is 12.0. The van der Waals surface area contributed by atoms with Gasteiger partial charge in [-0.3, -0.25) is 4.79 Å². The third-order valence-corrected chi connectivity index (χ3v) is 13.8. The zero-order valence-corrected chi connectivity index (χ0v) is 35.6. The van der Waals surface area contributed by atoms with Gasteiger partial charge in [0.05, 0.1) is 44.1 Å². The summed E-state index contributed by atoms with van der Waals surface area (Å²) in [6.45, 7) is 0. The number of benzene rings is 10. The fourth-order valence-electron chi connectivity index (χ4n) is 10.8. The molecule has 0 aliphatic rings. The number of hydrogen-bond acceptors (Lipinski definition) is 1. The molecule has 0 aliphatic heterocycles. The highest BCUT2D eigenvalue weighted by Crippen LogP contribution is 2.39. The van der Waals surface area contributed by atoms with Gasteiger partial charge in [0.1, 0.15) is 0 Å². The molecule has 0 amide bonds. The molecule has 308 valence electrons. The second kappa shape index (κ2) is 14.0. The summed E-state index contributed by atoms with van der Waals surface area (Å²) in [5.41, 5.74) is 14.8. The minimum Gasteiger partial charge on any atom is -0.309 e. The second-order valence-electron chi connectivity index (χ2n) is 17.3. The summed E-state index contributed by atoms with van der Waals surface area (Å²) in [7, 11) is 0. The van der Waals surface area contributed by atoms with E-state index in [2.05, 4.69) is 225 Å². The van der Waals surface area contributed by atoms with Crippen LogP contribution in [-0.4, -0.2) is 24.1 Å². The van der Waals surface area contributed by atoms with Crippen LogP contribution >= 0.6 is 0 Å². The van der Waals surface area contributed by atoms with Crippen LogP contribution in [0.25, 0.3) is 110 Å². The van der Waals surface area contributed by atoms with E-state index in [0.717, 1.165) is 44.8 Å². The molecule has 4 heterocycles. The number of nitrogens with zero attached hydrogens (tertiary/aromatic N) is 4. The molecule has 10 aromatic carbocycles. The Bertz CT molecular complexity index is 3910. The Morgan fingerprint density at radius 1 is 0.227 bits per heavy atom. The number of carbonyl (C=O) groups excluding carboxylic acids is 1. The molecule has 5 heteroatoms. The van der Waals surface area contributed by atoms with Crippen molar-refractivity contribution in [2.75, 3.05) is 0 Å². The van der Waals surface area contributed by atoms with Crippen molar-refractivity contribution in [2.45, 2.75) is 0 Å². The van der Waals surface area contributed by atoms with E-state index < -0.39 is 0 Å². The van der Waals surface area contributed by atoms with E-state index in [1.807, 2.05) is 24.3 Å². The predicted octanol–water partition coefficient (Wildman–Crippen LogP) is 15.3. The summed E-state index contributed by atoms with van der Waals surface area (Å²) in [5, 5.41) is 9.70. The van der Waals surface area contributed by atoms with Gasteiger partial charge in [-0.05, 0) is 121 Å². The fraction of sp³-hybridized carbons (Fsp3) is 0. The Kier molecular flexibility index (Phi) is 7.77. The molecule has 0 fully saturated rings. The maximum absolute atomic E-state index is 14.1. The Morgan fingerprint density at radius 2 is 0.455 bits per heavy atom. The van der Waals surface area contributed by atoms with Crippen LogP contribution in [0.3, 0.4) is 0 Å². The van der Waals surface area contributed by atoms with Gasteiger partial charge in [0.15, 0.2) is 5.78 Å². The molecule has 0 unspecified atom stereocenters. The molecule has 0 spiro atoms. The van der Waals surface area contributed by atoms with Crippen LogP contribution in [0, 0.1) is 0 Å². The lowest BCUT2D eigenvalue weighted by atomic mass is 10.0. The van der Waals surface area contributed by atoms with Crippen molar-refractivity contribution in [3.63, 3.8) is 0 Å². The Labute approximate surface area is 378 Å². The Balaban J connectivity index is 0.804. The maximum atomic E-state index is 14.1. The highest BCUT2D eigenvalue weighted by Gasteiger charge is 2.19. The second-order valence-corrected chi connectivity index (χ2v) is 17.3. The van der Waals surface area contributed by atoms with Crippen molar-refractivity contribution in [3.8, 4) is 22.7 Å². The largest absolute Gasteiger partial charge is 0.309 e. The zero-order chi connectivity index (χ0) is 43.5. The van der Waals surface area contributed by atoms with Crippen LogP contribution in [0.4, 0.5) is 0 Å². The summed E-state index contributed by atoms with van der Waals surface area (Å²) in [6.07, 6.45) is 0. The number of hydrogen-bond donors (Lipinski definition) is 0. The van der Waals surface area contributed by atoms with Gasteiger partial charge in [0, 0.05) is 77.0 Å². The van der Waals surface area contributed by atoms with Crippen LogP contribution in [-0.2, 0) is 0 Å². The number of para-hydroxylation sites is 6. The molecule has 0 atom stereocenters. The highest BCUT2D eigenvalue weighted by atomic mass is 16.1. The molecule has 0 aliphatic carbocycles. The highest BCUT2D eigenvalue weighted by molar-refractivity contribution is 6.14. The topological polar surface area (TPSA) is 36.8 Å². The molecule has 14 aromatic rings. The van der Waals surface area contributed by atoms with E-state index in [-0.39, 0.29) is 5.78 Å². The summed E-state index contributed by atoms with van der Waals surface area (Å²) in [6, 6.07) is 81.4. The number of carbonyl (C=O) groups is 1. The average molecular weight is 843 g/mol. The van der Waals surface area contributed by atoms with E-state index in [0.29, 0.717) is 11.1 Å². The smallest absolute Gasteiger partial charge is 0.193 e. The van der Waals surface area contributed by atoms with Crippen LogP contribution in [0.15, 0.2) is 231 Å². The van der Waals surface area contributed by atoms with Gasteiger partial charge in [0.25, 0.3) is 0 Å². The number of ketones is 1. The van der Waals surface area contributed by atoms with Gasteiger partial charge < -0.3 is 18.3 Å². The molecule has 0 saturated heterocycles. The van der Waals surface area contributed by atoms with Crippen molar-refractivity contribution in [1.29, 1.82) is 0 Å². The first-order chi connectivity index (χ1) is 32.7. The predicted molar refractivity (Wildman–Crippen MR) is 274 cm³/mol. The van der Waals surface area contributed by atoms with Gasteiger partial charge in [-0.2, -0.15) is 0 Å².